The average molecular weight is 297 g/mol. The molecule has 3 rings (SSSR count). The zero-order valence-electron chi connectivity index (χ0n) is 11.5. The van der Waals surface area contributed by atoms with Gasteiger partial charge < -0.3 is 14.0 Å². The molecule has 1 fully saturated rings. The number of methoxy groups -OCH3 is 1. The van der Waals surface area contributed by atoms with Crippen molar-refractivity contribution in [1.29, 1.82) is 0 Å². The summed E-state index contributed by atoms with van der Waals surface area (Å²) < 4.78 is 13.0. The largest absolute Gasteiger partial charge is 0.479 e. The second-order valence-electron chi connectivity index (χ2n) is 4.95. The number of rotatable bonds is 3. The van der Waals surface area contributed by atoms with Gasteiger partial charge in [0, 0.05) is 12.6 Å². The van der Waals surface area contributed by atoms with Gasteiger partial charge in [-0.2, -0.15) is 4.98 Å². The summed E-state index contributed by atoms with van der Waals surface area (Å²) >= 11 is 6.05. The third-order valence-corrected chi connectivity index (χ3v) is 3.89. The van der Waals surface area contributed by atoms with Gasteiger partial charge in [0.25, 0.3) is 0 Å². The Hall–Kier alpha value is -1.40. The molecule has 0 aromatic carbocycles. The van der Waals surface area contributed by atoms with E-state index in [0.29, 0.717) is 23.3 Å². The second kappa shape index (κ2) is 5.54. The van der Waals surface area contributed by atoms with Gasteiger partial charge in [0.1, 0.15) is 12.2 Å². The Morgan fingerprint density at radius 1 is 1.50 bits per heavy atom. The summed E-state index contributed by atoms with van der Waals surface area (Å²) in [6.07, 6.45) is 3.60. The molecule has 0 spiro atoms. The van der Waals surface area contributed by atoms with Crippen LogP contribution in [0.5, 0.6) is 5.88 Å². The molecule has 20 heavy (non-hydrogen) atoms. The van der Waals surface area contributed by atoms with Crippen LogP contribution in [0.1, 0.15) is 31.6 Å². The van der Waals surface area contributed by atoms with E-state index in [1.807, 2.05) is 0 Å². The van der Waals surface area contributed by atoms with Crippen LogP contribution in [-0.2, 0) is 10.6 Å². The van der Waals surface area contributed by atoms with E-state index in [4.69, 9.17) is 21.1 Å². The molecule has 6 nitrogen and oxygen atoms in total. The molecule has 1 saturated heterocycles. The van der Waals surface area contributed by atoms with Crippen molar-refractivity contribution < 1.29 is 9.47 Å². The number of nitrogens with zero attached hydrogens (tertiary/aromatic N) is 4. The first-order chi connectivity index (χ1) is 9.74. The minimum Gasteiger partial charge on any atom is -0.479 e. The molecule has 2 unspecified atom stereocenters. The second-order valence-corrected chi connectivity index (χ2v) is 5.21. The molecule has 2 aromatic heterocycles. The first-order valence-corrected chi connectivity index (χ1v) is 7.21. The number of ether oxygens (including phenoxy) is 2. The molecule has 108 valence electrons. The molecule has 0 N–H and O–H groups in total. The number of hydrogen-bond donors (Lipinski definition) is 0. The van der Waals surface area contributed by atoms with E-state index in [0.717, 1.165) is 30.9 Å². The monoisotopic (exact) mass is 296 g/mol. The van der Waals surface area contributed by atoms with Gasteiger partial charge >= 0.3 is 0 Å². The van der Waals surface area contributed by atoms with Crippen LogP contribution in [0.3, 0.4) is 0 Å². The number of aromatic nitrogens is 4. The number of alkyl halides is 1. The zero-order chi connectivity index (χ0) is 14.1. The van der Waals surface area contributed by atoms with Crippen molar-refractivity contribution >= 4 is 22.8 Å². The Bertz CT molecular complexity index is 616. The summed E-state index contributed by atoms with van der Waals surface area (Å²) in [7, 11) is 1.58. The average Bonchev–Trinajstić information content (AvgIpc) is 2.85. The molecule has 2 aromatic rings. The van der Waals surface area contributed by atoms with Gasteiger partial charge in [-0.25, -0.2) is 9.97 Å². The maximum absolute atomic E-state index is 6.05. The van der Waals surface area contributed by atoms with Crippen LogP contribution in [-0.4, -0.2) is 39.3 Å². The number of hydrogen-bond acceptors (Lipinski definition) is 5. The fraction of sp³-hybridized carbons (Fsp3) is 0.615. The van der Waals surface area contributed by atoms with Crippen LogP contribution in [0.25, 0.3) is 11.2 Å². The van der Waals surface area contributed by atoms with Gasteiger partial charge in [-0.3, -0.25) is 0 Å². The van der Waals surface area contributed by atoms with Crippen LogP contribution >= 0.6 is 11.6 Å². The SMILES string of the molecule is COc1ncnc2c1nc(CCl)n2C1CCOC(C)C1. The predicted molar refractivity (Wildman–Crippen MR) is 75.1 cm³/mol. The topological polar surface area (TPSA) is 62.1 Å². The van der Waals surface area contributed by atoms with E-state index in [1.54, 1.807) is 7.11 Å². The van der Waals surface area contributed by atoms with Gasteiger partial charge in [-0.15, -0.1) is 11.6 Å². The van der Waals surface area contributed by atoms with Crippen molar-refractivity contribution in [1.82, 2.24) is 19.5 Å². The maximum Gasteiger partial charge on any atom is 0.245 e. The lowest BCUT2D eigenvalue weighted by atomic mass is 10.0. The van der Waals surface area contributed by atoms with Crippen LogP contribution in [0.4, 0.5) is 0 Å². The lowest BCUT2D eigenvalue weighted by molar-refractivity contribution is 0.00623. The third kappa shape index (κ3) is 2.23. The summed E-state index contributed by atoms with van der Waals surface area (Å²) in [4.78, 5) is 13.0. The highest BCUT2D eigenvalue weighted by Gasteiger charge is 2.26. The molecule has 2 atom stereocenters. The lowest BCUT2D eigenvalue weighted by Crippen LogP contribution is -2.26. The van der Waals surface area contributed by atoms with Gasteiger partial charge in [0.05, 0.1) is 19.1 Å². The van der Waals surface area contributed by atoms with Crippen molar-refractivity contribution in [3.05, 3.63) is 12.2 Å². The molecule has 0 radical (unpaired) electrons. The van der Waals surface area contributed by atoms with Crippen molar-refractivity contribution in [3.8, 4) is 5.88 Å². The van der Waals surface area contributed by atoms with Crippen LogP contribution < -0.4 is 4.74 Å². The molecule has 1 aliphatic rings. The van der Waals surface area contributed by atoms with Gasteiger partial charge in [0.2, 0.25) is 5.88 Å². The minimum absolute atomic E-state index is 0.234. The molecule has 7 heteroatoms. The molecule has 0 amide bonds. The Labute approximate surface area is 122 Å². The summed E-state index contributed by atoms with van der Waals surface area (Å²) in [6, 6.07) is 0.303. The normalized spacial score (nSPS) is 23.1. The van der Waals surface area contributed by atoms with Gasteiger partial charge in [-0.05, 0) is 19.8 Å². The number of imidazole rings is 1. The summed E-state index contributed by atoms with van der Waals surface area (Å²) in [5, 5.41) is 0. The van der Waals surface area contributed by atoms with Crippen molar-refractivity contribution in [2.45, 2.75) is 37.8 Å². The smallest absolute Gasteiger partial charge is 0.245 e. The van der Waals surface area contributed by atoms with E-state index < -0.39 is 0 Å². The molecule has 0 bridgehead atoms. The Kier molecular flexibility index (Phi) is 3.76. The quantitative estimate of drug-likeness (QED) is 0.813. The summed E-state index contributed by atoms with van der Waals surface area (Å²) in [5.41, 5.74) is 1.45. The fourth-order valence-electron chi connectivity index (χ4n) is 2.77. The van der Waals surface area contributed by atoms with E-state index in [-0.39, 0.29) is 6.10 Å². The van der Waals surface area contributed by atoms with Gasteiger partial charge in [0.15, 0.2) is 11.2 Å². The predicted octanol–water partition coefficient (Wildman–Crippen LogP) is 2.31. The van der Waals surface area contributed by atoms with Crippen molar-refractivity contribution in [3.63, 3.8) is 0 Å². The first kappa shape index (κ1) is 13.6. The molecular formula is C13H17ClN4O2. The first-order valence-electron chi connectivity index (χ1n) is 6.68. The number of fused-ring (bicyclic) bond motifs is 1. The van der Waals surface area contributed by atoms with Crippen LogP contribution in [0.15, 0.2) is 6.33 Å². The Morgan fingerprint density at radius 2 is 2.35 bits per heavy atom. The van der Waals surface area contributed by atoms with Crippen LogP contribution in [0.2, 0.25) is 0 Å². The molecular weight excluding hydrogens is 280 g/mol. The highest BCUT2D eigenvalue weighted by atomic mass is 35.5. The maximum atomic E-state index is 6.05. The standard InChI is InChI=1S/C13H17ClN4O2/c1-8-5-9(3-4-20-8)18-10(6-14)17-11-12(18)15-7-16-13(11)19-2/h7-9H,3-6H2,1-2H3. The lowest BCUT2D eigenvalue weighted by Gasteiger charge is -2.29. The van der Waals surface area contributed by atoms with E-state index in [1.165, 1.54) is 6.33 Å². The zero-order valence-corrected chi connectivity index (χ0v) is 12.3. The Balaban J connectivity index is 2.13. The van der Waals surface area contributed by atoms with Gasteiger partial charge in [-0.1, -0.05) is 0 Å². The van der Waals surface area contributed by atoms with E-state index in [2.05, 4.69) is 26.4 Å². The third-order valence-electron chi connectivity index (χ3n) is 3.65. The molecule has 0 saturated carbocycles. The highest BCUT2D eigenvalue weighted by Crippen LogP contribution is 2.32. The van der Waals surface area contributed by atoms with Crippen molar-refractivity contribution in [2.24, 2.45) is 0 Å². The van der Waals surface area contributed by atoms with E-state index >= 15 is 0 Å². The fourth-order valence-corrected chi connectivity index (χ4v) is 2.96. The summed E-state index contributed by atoms with van der Waals surface area (Å²) in [5.74, 6) is 1.63. The molecule has 3 heterocycles. The molecule has 0 aliphatic carbocycles. The highest BCUT2D eigenvalue weighted by molar-refractivity contribution is 6.16. The Morgan fingerprint density at radius 3 is 3.05 bits per heavy atom. The minimum atomic E-state index is 0.234. The number of halogens is 1. The van der Waals surface area contributed by atoms with Crippen LogP contribution in [0, 0.1) is 0 Å². The van der Waals surface area contributed by atoms with Crippen molar-refractivity contribution in [2.75, 3.05) is 13.7 Å². The summed E-state index contributed by atoms with van der Waals surface area (Å²) in [6.45, 7) is 2.83. The van der Waals surface area contributed by atoms with E-state index in [9.17, 15) is 0 Å². The molecule has 1 aliphatic heterocycles.